The standard InChI is InChI=1S/C25H38O3/c1-2-3-4-5-6-7-8-9-10-11-12-13-14-18-21-24(22-26)28-25(27)23-19-16-15-17-20-23/h9-10,15-17,19-20,22,24H,2-8,11-14,18,21H2,1H3/b10-9-. The summed E-state index contributed by atoms with van der Waals surface area (Å²) >= 11 is 0. The van der Waals surface area contributed by atoms with Gasteiger partial charge in [0, 0.05) is 0 Å². The van der Waals surface area contributed by atoms with E-state index in [2.05, 4.69) is 19.1 Å². The normalized spacial score (nSPS) is 12.2. The number of rotatable bonds is 17. The Balaban J connectivity index is 1.98. The summed E-state index contributed by atoms with van der Waals surface area (Å²) in [4.78, 5) is 23.1. The first-order valence-corrected chi connectivity index (χ1v) is 11.1. The molecule has 0 heterocycles. The smallest absolute Gasteiger partial charge is 0.338 e. The number of carbonyl (C=O) groups is 2. The lowest BCUT2D eigenvalue weighted by Gasteiger charge is -2.12. The van der Waals surface area contributed by atoms with Gasteiger partial charge in [-0.2, -0.15) is 0 Å². The van der Waals surface area contributed by atoms with E-state index < -0.39 is 12.1 Å². The summed E-state index contributed by atoms with van der Waals surface area (Å²) in [6.45, 7) is 2.25. The van der Waals surface area contributed by atoms with E-state index in [1.165, 1.54) is 51.4 Å². The average molecular weight is 387 g/mol. The maximum Gasteiger partial charge on any atom is 0.338 e. The Morgan fingerprint density at radius 1 is 0.857 bits per heavy atom. The van der Waals surface area contributed by atoms with E-state index in [0.717, 1.165) is 32.0 Å². The molecule has 0 radical (unpaired) electrons. The van der Waals surface area contributed by atoms with Gasteiger partial charge in [-0.05, 0) is 50.7 Å². The molecule has 1 unspecified atom stereocenters. The van der Waals surface area contributed by atoms with Crippen LogP contribution in [0.3, 0.4) is 0 Å². The van der Waals surface area contributed by atoms with Gasteiger partial charge in [-0.15, -0.1) is 0 Å². The molecule has 0 aliphatic heterocycles. The lowest BCUT2D eigenvalue weighted by Crippen LogP contribution is -2.19. The van der Waals surface area contributed by atoms with Crippen molar-refractivity contribution in [2.24, 2.45) is 0 Å². The molecular formula is C25H38O3. The molecule has 3 heteroatoms. The molecule has 28 heavy (non-hydrogen) atoms. The van der Waals surface area contributed by atoms with Gasteiger partial charge in [0.25, 0.3) is 0 Å². The summed E-state index contributed by atoms with van der Waals surface area (Å²) in [7, 11) is 0. The van der Waals surface area contributed by atoms with Crippen LogP contribution in [0.15, 0.2) is 42.5 Å². The highest BCUT2D eigenvalue weighted by Gasteiger charge is 2.14. The summed E-state index contributed by atoms with van der Waals surface area (Å²) in [6.07, 6.45) is 20.1. The van der Waals surface area contributed by atoms with Crippen molar-refractivity contribution in [2.45, 2.75) is 96.5 Å². The number of benzene rings is 1. The van der Waals surface area contributed by atoms with Gasteiger partial charge in [0.05, 0.1) is 5.56 Å². The molecule has 0 aromatic heterocycles. The Labute approximate surface area is 171 Å². The predicted octanol–water partition coefficient (Wildman–Crippen LogP) is 7.06. The van der Waals surface area contributed by atoms with Crippen molar-refractivity contribution in [1.82, 2.24) is 0 Å². The van der Waals surface area contributed by atoms with Crippen LogP contribution in [0, 0.1) is 0 Å². The first kappa shape index (κ1) is 24.1. The van der Waals surface area contributed by atoms with E-state index in [1.807, 2.05) is 6.07 Å². The van der Waals surface area contributed by atoms with Crippen LogP contribution in [0.1, 0.15) is 101 Å². The summed E-state index contributed by atoms with van der Waals surface area (Å²) < 4.78 is 5.28. The van der Waals surface area contributed by atoms with Crippen molar-refractivity contribution in [3.63, 3.8) is 0 Å². The largest absolute Gasteiger partial charge is 0.451 e. The number of allylic oxidation sites excluding steroid dienone is 2. The molecule has 1 atom stereocenters. The summed E-state index contributed by atoms with van der Waals surface area (Å²) in [6, 6.07) is 8.81. The number of esters is 1. The minimum absolute atomic E-state index is 0.423. The van der Waals surface area contributed by atoms with Crippen molar-refractivity contribution in [2.75, 3.05) is 0 Å². The predicted molar refractivity (Wildman–Crippen MR) is 117 cm³/mol. The van der Waals surface area contributed by atoms with Crippen LogP contribution < -0.4 is 0 Å². The highest BCUT2D eigenvalue weighted by Crippen LogP contribution is 2.12. The van der Waals surface area contributed by atoms with Gasteiger partial charge in [-0.25, -0.2) is 4.79 Å². The monoisotopic (exact) mass is 386 g/mol. The number of aldehydes is 1. The number of unbranched alkanes of at least 4 members (excludes halogenated alkanes) is 10. The fraction of sp³-hybridized carbons (Fsp3) is 0.600. The molecule has 0 fully saturated rings. The fourth-order valence-electron chi connectivity index (χ4n) is 3.17. The lowest BCUT2D eigenvalue weighted by atomic mass is 10.1. The van der Waals surface area contributed by atoms with Crippen LogP contribution in [0.2, 0.25) is 0 Å². The summed E-state index contributed by atoms with van der Waals surface area (Å²) in [5.41, 5.74) is 0.488. The average Bonchev–Trinajstić information content (AvgIpc) is 2.73. The number of hydrogen-bond acceptors (Lipinski definition) is 3. The van der Waals surface area contributed by atoms with Crippen LogP contribution >= 0.6 is 0 Å². The van der Waals surface area contributed by atoms with E-state index in [4.69, 9.17) is 4.74 Å². The topological polar surface area (TPSA) is 43.4 Å². The second-order valence-electron chi connectivity index (χ2n) is 7.47. The third-order valence-corrected chi connectivity index (χ3v) is 4.92. The number of ether oxygens (including phenoxy) is 1. The third-order valence-electron chi connectivity index (χ3n) is 4.92. The molecular weight excluding hydrogens is 348 g/mol. The van der Waals surface area contributed by atoms with E-state index in [1.54, 1.807) is 24.3 Å². The summed E-state index contributed by atoms with van der Waals surface area (Å²) in [5.74, 6) is -0.423. The van der Waals surface area contributed by atoms with Gasteiger partial charge in [0.15, 0.2) is 12.4 Å². The molecule has 0 aliphatic carbocycles. The van der Waals surface area contributed by atoms with Crippen molar-refractivity contribution < 1.29 is 14.3 Å². The number of hydrogen-bond donors (Lipinski definition) is 0. The van der Waals surface area contributed by atoms with Crippen molar-refractivity contribution >= 4 is 12.3 Å². The van der Waals surface area contributed by atoms with Crippen LogP contribution in [0.5, 0.6) is 0 Å². The molecule has 1 rings (SSSR count). The first-order chi connectivity index (χ1) is 13.8. The molecule has 1 aromatic carbocycles. The molecule has 3 nitrogen and oxygen atoms in total. The highest BCUT2D eigenvalue weighted by atomic mass is 16.5. The lowest BCUT2D eigenvalue weighted by molar-refractivity contribution is -0.115. The van der Waals surface area contributed by atoms with Crippen molar-refractivity contribution in [3.8, 4) is 0 Å². The molecule has 0 spiro atoms. The quantitative estimate of drug-likeness (QED) is 0.125. The molecule has 1 aromatic rings. The van der Waals surface area contributed by atoms with Gasteiger partial charge >= 0.3 is 5.97 Å². The van der Waals surface area contributed by atoms with E-state index >= 15 is 0 Å². The fourth-order valence-corrected chi connectivity index (χ4v) is 3.17. The summed E-state index contributed by atoms with van der Waals surface area (Å²) in [5, 5.41) is 0. The Kier molecular flexibility index (Phi) is 14.8. The zero-order chi connectivity index (χ0) is 20.3. The molecule has 0 amide bonds. The van der Waals surface area contributed by atoms with E-state index in [-0.39, 0.29) is 0 Å². The van der Waals surface area contributed by atoms with Gasteiger partial charge in [-0.1, -0.05) is 82.2 Å². The second kappa shape index (κ2) is 17.2. The molecule has 0 bridgehead atoms. The maximum atomic E-state index is 12.0. The van der Waals surface area contributed by atoms with Crippen molar-refractivity contribution in [3.05, 3.63) is 48.0 Å². The van der Waals surface area contributed by atoms with Gasteiger partial charge in [0.2, 0.25) is 0 Å². The maximum absolute atomic E-state index is 12.0. The highest BCUT2D eigenvalue weighted by molar-refractivity contribution is 5.90. The molecule has 0 saturated carbocycles. The van der Waals surface area contributed by atoms with Crippen LogP contribution in [-0.2, 0) is 9.53 Å². The third kappa shape index (κ3) is 12.5. The first-order valence-electron chi connectivity index (χ1n) is 11.1. The van der Waals surface area contributed by atoms with Crippen LogP contribution in [-0.4, -0.2) is 18.4 Å². The molecule has 0 N–H and O–H groups in total. The van der Waals surface area contributed by atoms with E-state index in [9.17, 15) is 9.59 Å². The van der Waals surface area contributed by atoms with Gasteiger partial charge < -0.3 is 4.74 Å². The Bertz CT molecular complexity index is 536. The van der Waals surface area contributed by atoms with Crippen LogP contribution in [0.25, 0.3) is 0 Å². The number of carbonyl (C=O) groups excluding carboxylic acids is 2. The zero-order valence-corrected chi connectivity index (χ0v) is 17.6. The van der Waals surface area contributed by atoms with Crippen LogP contribution in [0.4, 0.5) is 0 Å². The minimum Gasteiger partial charge on any atom is -0.451 e. The Morgan fingerprint density at radius 2 is 1.43 bits per heavy atom. The second-order valence-corrected chi connectivity index (χ2v) is 7.47. The Morgan fingerprint density at radius 3 is 2.04 bits per heavy atom. The molecule has 0 aliphatic rings. The minimum atomic E-state index is -0.634. The van der Waals surface area contributed by atoms with Gasteiger partial charge in [-0.3, -0.25) is 4.79 Å². The Hall–Kier alpha value is -1.90. The molecule has 156 valence electrons. The SMILES string of the molecule is CCCCCCCC/C=C\CCCCCCC(C=O)OC(=O)c1ccccc1. The molecule has 0 saturated heterocycles. The van der Waals surface area contributed by atoms with Gasteiger partial charge in [0.1, 0.15) is 0 Å². The van der Waals surface area contributed by atoms with E-state index in [0.29, 0.717) is 12.0 Å². The van der Waals surface area contributed by atoms with Crippen molar-refractivity contribution in [1.29, 1.82) is 0 Å². The zero-order valence-electron chi connectivity index (χ0n) is 17.6.